The molecule has 1 unspecified atom stereocenters. The molecule has 0 saturated carbocycles. The second-order valence-corrected chi connectivity index (χ2v) is 7.25. The van der Waals surface area contributed by atoms with Crippen LogP contribution in [0.1, 0.15) is 16.1 Å². The van der Waals surface area contributed by atoms with E-state index in [9.17, 15) is 22.5 Å². The summed E-state index contributed by atoms with van der Waals surface area (Å²) in [6, 6.07) is 10.5. The first-order valence-corrected chi connectivity index (χ1v) is 9.51. The van der Waals surface area contributed by atoms with Gasteiger partial charge in [-0.1, -0.05) is 17.7 Å². The maximum absolute atomic E-state index is 12.7. The summed E-state index contributed by atoms with van der Waals surface area (Å²) in [5.41, 5.74) is -0.754. The van der Waals surface area contributed by atoms with Crippen LogP contribution < -0.4 is 9.46 Å². The highest BCUT2D eigenvalue weighted by Gasteiger charge is 2.30. The number of amides is 1. The fraction of sp³-hybridized carbons (Fsp3) is 0.111. The van der Waals surface area contributed by atoms with Crippen molar-refractivity contribution in [2.45, 2.75) is 11.1 Å². The van der Waals surface area contributed by atoms with Crippen molar-refractivity contribution in [1.82, 2.24) is 14.3 Å². The first-order valence-electron chi connectivity index (χ1n) is 7.98. The van der Waals surface area contributed by atoms with E-state index in [-0.39, 0.29) is 16.5 Å². The molecule has 3 aromatic rings. The molecule has 1 amide bonds. The fourth-order valence-electron chi connectivity index (χ4n) is 2.38. The Labute approximate surface area is 171 Å². The van der Waals surface area contributed by atoms with Crippen LogP contribution in [0, 0.1) is 0 Å². The van der Waals surface area contributed by atoms with Gasteiger partial charge in [0.15, 0.2) is 10.6 Å². The van der Waals surface area contributed by atoms with Crippen LogP contribution in [0.2, 0.25) is 5.15 Å². The van der Waals surface area contributed by atoms with Gasteiger partial charge in [-0.2, -0.15) is 17.9 Å². The molecule has 2 aromatic carbocycles. The molecule has 1 heterocycles. The Morgan fingerprint density at radius 1 is 1.24 bits per heavy atom. The Kier molecular flexibility index (Phi) is 6.06. The van der Waals surface area contributed by atoms with E-state index in [1.807, 2.05) is 0 Å². The fourth-order valence-corrected chi connectivity index (χ4v) is 3.47. The summed E-state index contributed by atoms with van der Waals surface area (Å²) in [5, 5.41) is -0.134. The molecular formula is C18H13ClF3N3O3S. The van der Waals surface area contributed by atoms with E-state index in [2.05, 4.69) is 9.71 Å². The van der Waals surface area contributed by atoms with Crippen LogP contribution in [-0.4, -0.2) is 27.1 Å². The number of aromatic nitrogens is 2. The lowest BCUT2D eigenvalue weighted by atomic mass is 10.2. The van der Waals surface area contributed by atoms with Gasteiger partial charge in [0.1, 0.15) is 28.6 Å². The van der Waals surface area contributed by atoms with E-state index in [1.165, 1.54) is 36.2 Å². The number of alkyl halides is 3. The second kappa shape index (κ2) is 8.36. The number of carbonyl (C=O) groups is 1. The van der Waals surface area contributed by atoms with Crippen LogP contribution >= 0.6 is 11.6 Å². The maximum Gasteiger partial charge on any atom is 0.416 e. The van der Waals surface area contributed by atoms with Gasteiger partial charge in [-0.25, -0.2) is 4.98 Å². The third-order valence-electron chi connectivity index (χ3n) is 3.84. The van der Waals surface area contributed by atoms with E-state index >= 15 is 0 Å². The number of methoxy groups -OCH3 is 1. The maximum atomic E-state index is 12.7. The zero-order valence-corrected chi connectivity index (χ0v) is 16.3. The number of carbonyl (C=O) groups excluding carboxylic acids is 1. The van der Waals surface area contributed by atoms with Crippen molar-refractivity contribution in [3.8, 4) is 11.4 Å². The van der Waals surface area contributed by atoms with Crippen molar-refractivity contribution >= 4 is 28.9 Å². The van der Waals surface area contributed by atoms with Gasteiger partial charge in [0, 0.05) is 11.8 Å². The molecule has 0 aliphatic heterocycles. The quantitative estimate of drug-likeness (QED) is 0.604. The Bertz CT molecular complexity index is 1030. The molecule has 6 nitrogen and oxygen atoms in total. The van der Waals surface area contributed by atoms with Crippen molar-refractivity contribution in [1.29, 1.82) is 0 Å². The van der Waals surface area contributed by atoms with Crippen LogP contribution in [0.25, 0.3) is 5.69 Å². The van der Waals surface area contributed by atoms with E-state index in [0.717, 1.165) is 12.1 Å². The SMILES string of the molecule is COc1cccc([S+]([O-])NC(=O)c2ncn(-c3ccc(C(F)(F)F)cc3)c2Cl)c1. The van der Waals surface area contributed by atoms with Crippen molar-refractivity contribution < 1.29 is 27.3 Å². The van der Waals surface area contributed by atoms with E-state index < -0.39 is 29.0 Å². The molecule has 1 aromatic heterocycles. The van der Waals surface area contributed by atoms with Gasteiger partial charge < -0.3 is 9.29 Å². The normalized spacial score (nSPS) is 12.5. The smallest absolute Gasteiger partial charge is 0.416 e. The molecule has 1 N–H and O–H groups in total. The first kappa shape index (κ1) is 21.0. The number of nitrogens with one attached hydrogen (secondary N) is 1. The van der Waals surface area contributed by atoms with Gasteiger partial charge >= 0.3 is 12.1 Å². The summed E-state index contributed by atoms with van der Waals surface area (Å²) in [4.78, 5) is 16.6. The summed E-state index contributed by atoms with van der Waals surface area (Å²) < 4.78 is 59.0. The molecule has 29 heavy (non-hydrogen) atoms. The van der Waals surface area contributed by atoms with Crippen LogP contribution in [0.3, 0.4) is 0 Å². The Hall–Kier alpha value is -2.69. The summed E-state index contributed by atoms with van der Waals surface area (Å²) in [6.07, 6.45) is -3.28. The average Bonchev–Trinajstić information content (AvgIpc) is 3.09. The molecule has 152 valence electrons. The standard InChI is InChI=1S/C18H13ClF3N3O3S/c1-28-13-3-2-4-14(9-13)29(27)24-17(26)15-16(19)25(10-23-15)12-7-5-11(6-8-12)18(20,21)22/h2-10H,1H3,(H,24,26). The molecule has 3 rings (SSSR count). The number of hydrogen-bond acceptors (Lipinski definition) is 4. The molecule has 0 aliphatic carbocycles. The van der Waals surface area contributed by atoms with Crippen LogP contribution in [0.4, 0.5) is 13.2 Å². The number of hydrogen-bond donors (Lipinski definition) is 1. The molecular weight excluding hydrogens is 431 g/mol. The van der Waals surface area contributed by atoms with Gasteiger partial charge in [0.2, 0.25) is 0 Å². The minimum Gasteiger partial charge on any atom is -0.588 e. The first-order chi connectivity index (χ1) is 13.7. The average molecular weight is 444 g/mol. The Balaban J connectivity index is 1.78. The van der Waals surface area contributed by atoms with Gasteiger partial charge in [-0.15, -0.1) is 0 Å². The third kappa shape index (κ3) is 4.66. The number of ether oxygens (including phenoxy) is 1. The number of benzene rings is 2. The highest BCUT2D eigenvalue weighted by Crippen LogP contribution is 2.30. The lowest BCUT2D eigenvalue weighted by molar-refractivity contribution is -0.137. The molecule has 11 heteroatoms. The van der Waals surface area contributed by atoms with Crippen LogP contribution in [0.15, 0.2) is 59.8 Å². The summed E-state index contributed by atoms with van der Waals surface area (Å²) in [5.74, 6) is -0.337. The number of imidazole rings is 1. The van der Waals surface area contributed by atoms with Crippen molar-refractivity contribution in [2.75, 3.05) is 7.11 Å². The second-order valence-electron chi connectivity index (χ2n) is 5.68. The predicted molar refractivity (Wildman–Crippen MR) is 100 cm³/mol. The molecule has 0 radical (unpaired) electrons. The summed E-state index contributed by atoms with van der Waals surface area (Å²) in [7, 11) is 1.45. The van der Waals surface area contributed by atoms with Crippen LogP contribution in [-0.2, 0) is 17.5 Å². The molecule has 0 fully saturated rings. The lowest BCUT2D eigenvalue weighted by Gasteiger charge is -2.11. The van der Waals surface area contributed by atoms with Crippen molar-refractivity contribution in [2.24, 2.45) is 0 Å². The predicted octanol–water partition coefficient (Wildman–Crippen LogP) is 4.01. The minimum atomic E-state index is -4.47. The van der Waals surface area contributed by atoms with E-state index in [0.29, 0.717) is 10.6 Å². The molecule has 0 spiro atoms. The van der Waals surface area contributed by atoms with E-state index in [4.69, 9.17) is 16.3 Å². The third-order valence-corrected chi connectivity index (χ3v) is 5.25. The molecule has 0 aliphatic rings. The Morgan fingerprint density at radius 3 is 2.55 bits per heavy atom. The highest BCUT2D eigenvalue weighted by molar-refractivity contribution is 7.90. The van der Waals surface area contributed by atoms with Crippen molar-refractivity contribution in [3.05, 3.63) is 71.3 Å². The van der Waals surface area contributed by atoms with Gasteiger partial charge in [0.25, 0.3) is 0 Å². The van der Waals surface area contributed by atoms with Gasteiger partial charge in [-0.05, 0) is 36.4 Å². The number of rotatable bonds is 5. The van der Waals surface area contributed by atoms with Crippen LogP contribution in [0.5, 0.6) is 5.75 Å². The number of nitrogens with zero attached hydrogens (tertiary/aromatic N) is 2. The summed E-state index contributed by atoms with van der Waals surface area (Å²) >= 11 is 4.26. The zero-order valence-electron chi connectivity index (χ0n) is 14.7. The molecule has 0 saturated heterocycles. The van der Waals surface area contributed by atoms with E-state index in [1.54, 1.807) is 18.2 Å². The lowest BCUT2D eigenvalue weighted by Crippen LogP contribution is -2.31. The Morgan fingerprint density at radius 2 is 1.93 bits per heavy atom. The van der Waals surface area contributed by atoms with Crippen molar-refractivity contribution in [3.63, 3.8) is 0 Å². The zero-order chi connectivity index (χ0) is 21.2. The molecule has 0 bridgehead atoms. The van der Waals surface area contributed by atoms with Gasteiger partial charge in [-0.3, -0.25) is 9.36 Å². The topological polar surface area (TPSA) is 79.2 Å². The largest absolute Gasteiger partial charge is 0.588 e. The highest BCUT2D eigenvalue weighted by atomic mass is 35.5. The molecule has 1 atom stereocenters. The van der Waals surface area contributed by atoms with Gasteiger partial charge in [0.05, 0.1) is 12.7 Å². The monoisotopic (exact) mass is 443 g/mol. The minimum absolute atomic E-state index is 0.134. The number of halogens is 4. The summed E-state index contributed by atoms with van der Waals surface area (Å²) in [6.45, 7) is 0.